The van der Waals surface area contributed by atoms with Gasteiger partial charge in [0.05, 0.1) is 6.54 Å². The Morgan fingerprint density at radius 3 is 2.85 bits per heavy atom. The molecule has 1 heterocycles. The summed E-state index contributed by atoms with van der Waals surface area (Å²) >= 11 is 0. The minimum absolute atomic E-state index is 0.617. The van der Waals surface area contributed by atoms with Gasteiger partial charge in [-0.15, -0.1) is 0 Å². The van der Waals surface area contributed by atoms with Gasteiger partial charge < -0.3 is 9.84 Å². The standard InChI is InChI=1S/C16H17N3O/c1-2-10-17-11-15-18-16(19-20-15)14-9-5-7-12-6-3-4-8-13(12)14/h3-9,17H,2,10-11H2,1H3. The normalized spacial score (nSPS) is 11.1. The highest BCUT2D eigenvalue weighted by molar-refractivity contribution is 5.94. The molecule has 102 valence electrons. The van der Waals surface area contributed by atoms with Crippen LogP contribution in [0.25, 0.3) is 22.2 Å². The van der Waals surface area contributed by atoms with Crippen molar-refractivity contribution in [1.82, 2.24) is 15.5 Å². The molecular weight excluding hydrogens is 250 g/mol. The molecule has 0 saturated carbocycles. The first-order valence-electron chi connectivity index (χ1n) is 6.90. The third-order valence-corrected chi connectivity index (χ3v) is 3.20. The van der Waals surface area contributed by atoms with Crippen molar-refractivity contribution in [1.29, 1.82) is 0 Å². The van der Waals surface area contributed by atoms with E-state index in [-0.39, 0.29) is 0 Å². The molecule has 0 radical (unpaired) electrons. The van der Waals surface area contributed by atoms with Crippen molar-refractivity contribution in [3.05, 3.63) is 48.4 Å². The van der Waals surface area contributed by atoms with Gasteiger partial charge in [0.25, 0.3) is 0 Å². The fourth-order valence-corrected chi connectivity index (χ4v) is 2.23. The molecule has 0 amide bonds. The van der Waals surface area contributed by atoms with Crippen molar-refractivity contribution in [2.24, 2.45) is 0 Å². The summed E-state index contributed by atoms with van der Waals surface area (Å²) < 4.78 is 5.29. The van der Waals surface area contributed by atoms with Crippen LogP contribution < -0.4 is 5.32 Å². The van der Waals surface area contributed by atoms with Gasteiger partial charge in [-0.1, -0.05) is 54.5 Å². The predicted octanol–water partition coefficient (Wildman–Crippen LogP) is 3.39. The summed E-state index contributed by atoms with van der Waals surface area (Å²) in [5, 5.41) is 9.67. The molecule has 0 aliphatic rings. The van der Waals surface area contributed by atoms with Gasteiger partial charge in [-0.2, -0.15) is 4.98 Å². The first-order chi connectivity index (χ1) is 9.88. The largest absolute Gasteiger partial charge is 0.338 e. The molecule has 4 nitrogen and oxygen atoms in total. The molecule has 0 unspecified atom stereocenters. The number of nitrogens with zero attached hydrogens (tertiary/aromatic N) is 2. The smallest absolute Gasteiger partial charge is 0.240 e. The Labute approximate surface area is 117 Å². The van der Waals surface area contributed by atoms with Crippen LogP contribution in [0, 0.1) is 0 Å². The van der Waals surface area contributed by atoms with E-state index in [1.807, 2.05) is 24.3 Å². The summed E-state index contributed by atoms with van der Waals surface area (Å²) in [5.41, 5.74) is 1.01. The summed E-state index contributed by atoms with van der Waals surface area (Å²) in [7, 11) is 0. The molecule has 1 aromatic heterocycles. The Bertz CT molecular complexity index is 700. The molecule has 2 aromatic carbocycles. The van der Waals surface area contributed by atoms with Crippen LogP contribution in [0.4, 0.5) is 0 Å². The summed E-state index contributed by atoms with van der Waals surface area (Å²) in [5.74, 6) is 1.27. The van der Waals surface area contributed by atoms with Crippen LogP contribution >= 0.6 is 0 Å². The molecule has 0 saturated heterocycles. The van der Waals surface area contributed by atoms with Gasteiger partial charge in [-0.25, -0.2) is 0 Å². The van der Waals surface area contributed by atoms with E-state index in [4.69, 9.17) is 4.52 Å². The fraction of sp³-hybridized carbons (Fsp3) is 0.250. The molecule has 0 bridgehead atoms. The van der Waals surface area contributed by atoms with Gasteiger partial charge in [0.1, 0.15) is 0 Å². The molecule has 3 aromatic rings. The lowest BCUT2D eigenvalue weighted by Crippen LogP contribution is -2.13. The average molecular weight is 267 g/mol. The molecular formula is C16H17N3O. The molecule has 20 heavy (non-hydrogen) atoms. The van der Waals surface area contributed by atoms with Crippen LogP contribution in [0.5, 0.6) is 0 Å². The van der Waals surface area contributed by atoms with Crippen molar-refractivity contribution < 1.29 is 4.52 Å². The van der Waals surface area contributed by atoms with Crippen molar-refractivity contribution >= 4 is 10.8 Å². The average Bonchev–Trinajstić information content (AvgIpc) is 2.96. The van der Waals surface area contributed by atoms with E-state index in [1.165, 1.54) is 5.39 Å². The van der Waals surface area contributed by atoms with E-state index in [9.17, 15) is 0 Å². The van der Waals surface area contributed by atoms with E-state index in [2.05, 4.69) is 40.6 Å². The quantitative estimate of drug-likeness (QED) is 0.720. The minimum Gasteiger partial charge on any atom is -0.338 e. The van der Waals surface area contributed by atoms with Gasteiger partial charge in [-0.05, 0) is 23.7 Å². The molecule has 0 fully saturated rings. The highest BCUT2D eigenvalue weighted by atomic mass is 16.5. The monoisotopic (exact) mass is 267 g/mol. The first kappa shape index (κ1) is 12.8. The number of benzene rings is 2. The summed E-state index contributed by atoms with van der Waals surface area (Å²) in [6.07, 6.45) is 1.09. The topological polar surface area (TPSA) is 51.0 Å². The van der Waals surface area contributed by atoms with Crippen LogP contribution in [-0.4, -0.2) is 16.7 Å². The maximum absolute atomic E-state index is 5.29. The zero-order valence-corrected chi connectivity index (χ0v) is 11.5. The lowest BCUT2D eigenvalue weighted by molar-refractivity contribution is 0.368. The van der Waals surface area contributed by atoms with Crippen molar-refractivity contribution in [2.75, 3.05) is 6.54 Å². The summed E-state index contributed by atoms with van der Waals surface area (Å²) in [6.45, 7) is 3.69. The molecule has 3 rings (SSSR count). The Morgan fingerprint density at radius 2 is 1.95 bits per heavy atom. The number of nitrogens with one attached hydrogen (secondary N) is 1. The zero-order chi connectivity index (χ0) is 13.8. The van der Waals surface area contributed by atoms with E-state index >= 15 is 0 Å². The van der Waals surface area contributed by atoms with E-state index < -0.39 is 0 Å². The SMILES string of the molecule is CCCNCc1nc(-c2cccc3ccccc23)no1. The number of aromatic nitrogens is 2. The zero-order valence-electron chi connectivity index (χ0n) is 11.5. The first-order valence-corrected chi connectivity index (χ1v) is 6.90. The second kappa shape index (κ2) is 5.84. The van der Waals surface area contributed by atoms with Gasteiger partial charge in [-0.3, -0.25) is 0 Å². The highest BCUT2D eigenvalue weighted by Crippen LogP contribution is 2.26. The number of fused-ring (bicyclic) bond motifs is 1. The lowest BCUT2D eigenvalue weighted by Gasteiger charge is -2.01. The molecule has 0 spiro atoms. The van der Waals surface area contributed by atoms with Crippen molar-refractivity contribution in [2.45, 2.75) is 19.9 Å². The Balaban J connectivity index is 1.91. The number of hydrogen-bond acceptors (Lipinski definition) is 4. The molecule has 0 aliphatic carbocycles. The van der Waals surface area contributed by atoms with Crippen LogP contribution in [0.1, 0.15) is 19.2 Å². The molecule has 0 aliphatic heterocycles. The fourth-order valence-electron chi connectivity index (χ4n) is 2.23. The maximum Gasteiger partial charge on any atom is 0.240 e. The van der Waals surface area contributed by atoms with Gasteiger partial charge in [0.15, 0.2) is 0 Å². The molecule has 4 heteroatoms. The second-order valence-corrected chi connectivity index (χ2v) is 4.72. The number of rotatable bonds is 5. The highest BCUT2D eigenvalue weighted by Gasteiger charge is 2.10. The third kappa shape index (κ3) is 2.56. The Kier molecular flexibility index (Phi) is 3.74. The maximum atomic E-state index is 5.29. The summed E-state index contributed by atoms with van der Waals surface area (Å²) in [6, 6.07) is 14.3. The summed E-state index contributed by atoms with van der Waals surface area (Å²) in [4.78, 5) is 4.46. The van der Waals surface area contributed by atoms with Crippen molar-refractivity contribution in [3.63, 3.8) is 0 Å². The predicted molar refractivity (Wildman–Crippen MR) is 79.2 cm³/mol. The van der Waals surface area contributed by atoms with Crippen LogP contribution in [-0.2, 0) is 6.54 Å². The van der Waals surface area contributed by atoms with Crippen LogP contribution in [0.2, 0.25) is 0 Å². The van der Waals surface area contributed by atoms with E-state index in [0.29, 0.717) is 18.3 Å². The van der Waals surface area contributed by atoms with Gasteiger partial charge in [0.2, 0.25) is 11.7 Å². The minimum atomic E-state index is 0.617. The Morgan fingerprint density at radius 1 is 1.10 bits per heavy atom. The lowest BCUT2D eigenvalue weighted by atomic mass is 10.0. The van der Waals surface area contributed by atoms with E-state index in [0.717, 1.165) is 23.9 Å². The van der Waals surface area contributed by atoms with E-state index in [1.54, 1.807) is 0 Å². The third-order valence-electron chi connectivity index (χ3n) is 3.20. The molecule has 1 N–H and O–H groups in total. The van der Waals surface area contributed by atoms with Crippen LogP contribution in [0.3, 0.4) is 0 Å². The van der Waals surface area contributed by atoms with Gasteiger partial charge >= 0.3 is 0 Å². The van der Waals surface area contributed by atoms with Crippen molar-refractivity contribution in [3.8, 4) is 11.4 Å². The van der Waals surface area contributed by atoms with Gasteiger partial charge in [0, 0.05) is 5.56 Å². The van der Waals surface area contributed by atoms with Crippen LogP contribution in [0.15, 0.2) is 47.0 Å². The Hall–Kier alpha value is -2.20. The molecule has 0 atom stereocenters. The number of hydrogen-bond donors (Lipinski definition) is 1. The second-order valence-electron chi connectivity index (χ2n) is 4.72.